The van der Waals surface area contributed by atoms with Crippen LogP contribution in [0.25, 0.3) is 0 Å². The van der Waals surface area contributed by atoms with Crippen LogP contribution in [0.1, 0.15) is 25.3 Å². The fraction of sp³-hybridized carbons (Fsp3) is 0.538. The first-order valence-electron chi connectivity index (χ1n) is 6.34. The molecule has 4 nitrogen and oxygen atoms in total. The number of carbonyl (C=O) groups is 1. The number of pyridine rings is 1. The van der Waals surface area contributed by atoms with E-state index < -0.39 is 23.1 Å². The van der Waals surface area contributed by atoms with Crippen molar-refractivity contribution in [2.75, 3.05) is 18.0 Å². The molecular formula is C13H14ClF3N2O2. The van der Waals surface area contributed by atoms with Crippen LogP contribution >= 0.6 is 11.6 Å². The molecule has 1 aromatic rings. The van der Waals surface area contributed by atoms with E-state index in [2.05, 4.69) is 4.98 Å². The van der Waals surface area contributed by atoms with E-state index in [1.807, 2.05) is 0 Å². The van der Waals surface area contributed by atoms with Crippen LogP contribution in [0.2, 0.25) is 5.02 Å². The molecule has 0 bridgehead atoms. The fourth-order valence-corrected chi connectivity index (χ4v) is 2.70. The second-order valence-corrected chi connectivity index (χ2v) is 5.83. The highest BCUT2D eigenvalue weighted by Gasteiger charge is 2.39. The maximum Gasteiger partial charge on any atom is 0.417 e. The fourth-order valence-electron chi connectivity index (χ4n) is 2.41. The first-order chi connectivity index (χ1) is 9.63. The van der Waals surface area contributed by atoms with Crippen molar-refractivity contribution >= 4 is 23.4 Å². The Morgan fingerprint density at radius 3 is 2.71 bits per heavy atom. The van der Waals surface area contributed by atoms with Gasteiger partial charge < -0.3 is 10.0 Å². The number of carboxylic acid groups (broad SMARTS) is 1. The molecule has 116 valence electrons. The largest absolute Gasteiger partial charge is 0.481 e. The number of halogens is 4. The zero-order chi connectivity index (χ0) is 15.8. The van der Waals surface area contributed by atoms with Gasteiger partial charge in [0.1, 0.15) is 5.82 Å². The van der Waals surface area contributed by atoms with Crippen molar-refractivity contribution in [3.8, 4) is 0 Å². The third-order valence-electron chi connectivity index (χ3n) is 3.66. The van der Waals surface area contributed by atoms with E-state index in [9.17, 15) is 23.1 Å². The summed E-state index contributed by atoms with van der Waals surface area (Å²) in [6, 6.07) is 0.816. The van der Waals surface area contributed by atoms with Crippen molar-refractivity contribution in [3.05, 3.63) is 22.8 Å². The van der Waals surface area contributed by atoms with Gasteiger partial charge in [-0.15, -0.1) is 0 Å². The number of aliphatic carboxylic acids is 1. The summed E-state index contributed by atoms with van der Waals surface area (Å²) in [4.78, 5) is 16.7. The Morgan fingerprint density at radius 1 is 1.52 bits per heavy atom. The lowest BCUT2D eigenvalue weighted by atomic mass is 9.82. The highest BCUT2D eigenvalue weighted by atomic mass is 35.5. The summed E-state index contributed by atoms with van der Waals surface area (Å²) < 4.78 is 37.7. The zero-order valence-electron chi connectivity index (χ0n) is 11.2. The molecule has 21 heavy (non-hydrogen) atoms. The molecular weight excluding hydrogens is 309 g/mol. The maximum atomic E-state index is 12.6. The Labute approximate surface area is 124 Å². The molecule has 0 spiro atoms. The topological polar surface area (TPSA) is 53.4 Å². The number of carboxylic acids is 1. The Balaban J connectivity index is 2.28. The number of nitrogens with zero attached hydrogens (tertiary/aromatic N) is 2. The van der Waals surface area contributed by atoms with Crippen molar-refractivity contribution in [3.63, 3.8) is 0 Å². The summed E-state index contributed by atoms with van der Waals surface area (Å²) >= 11 is 5.89. The Hall–Kier alpha value is -1.50. The molecule has 2 rings (SSSR count). The predicted molar refractivity (Wildman–Crippen MR) is 71.4 cm³/mol. The van der Waals surface area contributed by atoms with Crippen LogP contribution in [-0.4, -0.2) is 29.1 Å². The minimum absolute atomic E-state index is 0.125. The molecule has 0 amide bonds. The minimum atomic E-state index is -4.51. The highest BCUT2D eigenvalue weighted by Crippen LogP contribution is 2.37. The lowest BCUT2D eigenvalue weighted by Crippen LogP contribution is -2.46. The Kier molecular flexibility index (Phi) is 4.06. The minimum Gasteiger partial charge on any atom is -0.481 e. The lowest BCUT2D eigenvalue weighted by molar-refractivity contribution is -0.148. The van der Waals surface area contributed by atoms with Crippen LogP contribution < -0.4 is 4.90 Å². The maximum absolute atomic E-state index is 12.6. The Morgan fingerprint density at radius 2 is 2.19 bits per heavy atom. The molecule has 1 aliphatic heterocycles. The van der Waals surface area contributed by atoms with Crippen LogP contribution in [0.4, 0.5) is 19.0 Å². The molecule has 1 aromatic heterocycles. The second-order valence-electron chi connectivity index (χ2n) is 5.42. The van der Waals surface area contributed by atoms with Gasteiger partial charge in [-0.3, -0.25) is 4.79 Å². The quantitative estimate of drug-likeness (QED) is 0.906. The molecule has 8 heteroatoms. The number of piperidine rings is 1. The highest BCUT2D eigenvalue weighted by molar-refractivity contribution is 6.33. The van der Waals surface area contributed by atoms with Gasteiger partial charge in [0.25, 0.3) is 0 Å². The van der Waals surface area contributed by atoms with E-state index in [1.165, 1.54) is 0 Å². The summed E-state index contributed by atoms with van der Waals surface area (Å²) in [5, 5.41) is 9.13. The summed E-state index contributed by atoms with van der Waals surface area (Å²) in [5.74, 6) is -0.743. The average Bonchev–Trinajstić information content (AvgIpc) is 2.37. The second kappa shape index (κ2) is 5.36. The van der Waals surface area contributed by atoms with Crippen LogP contribution in [0, 0.1) is 5.41 Å². The lowest BCUT2D eigenvalue weighted by Gasteiger charge is -2.38. The van der Waals surface area contributed by atoms with Gasteiger partial charge in [-0.25, -0.2) is 4.98 Å². The molecule has 0 saturated carbocycles. The van der Waals surface area contributed by atoms with E-state index in [4.69, 9.17) is 11.6 Å². The predicted octanol–water partition coefficient (Wildman–Crippen LogP) is 3.44. The zero-order valence-corrected chi connectivity index (χ0v) is 12.0. The van der Waals surface area contributed by atoms with Crippen molar-refractivity contribution in [2.24, 2.45) is 5.41 Å². The normalized spacial score (nSPS) is 23.2. The van der Waals surface area contributed by atoms with Gasteiger partial charge in [0, 0.05) is 19.3 Å². The molecule has 0 aliphatic carbocycles. The van der Waals surface area contributed by atoms with Crippen molar-refractivity contribution < 1.29 is 23.1 Å². The number of aromatic nitrogens is 1. The van der Waals surface area contributed by atoms with E-state index in [-0.39, 0.29) is 17.4 Å². The molecule has 1 fully saturated rings. The summed E-state index contributed by atoms with van der Waals surface area (Å²) in [6.07, 6.45) is -2.67. The third kappa shape index (κ3) is 3.23. The van der Waals surface area contributed by atoms with E-state index in [0.717, 1.165) is 6.07 Å². The first kappa shape index (κ1) is 15.9. The van der Waals surface area contributed by atoms with Gasteiger partial charge in [-0.1, -0.05) is 11.6 Å². The summed E-state index contributed by atoms with van der Waals surface area (Å²) in [7, 11) is 0. The van der Waals surface area contributed by atoms with E-state index >= 15 is 0 Å². The van der Waals surface area contributed by atoms with E-state index in [1.54, 1.807) is 11.8 Å². The molecule has 1 saturated heterocycles. The molecule has 0 aromatic carbocycles. The molecule has 0 radical (unpaired) electrons. The number of hydrogen-bond acceptors (Lipinski definition) is 3. The van der Waals surface area contributed by atoms with Gasteiger partial charge in [-0.2, -0.15) is 13.2 Å². The van der Waals surface area contributed by atoms with Crippen molar-refractivity contribution in [1.82, 2.24) is 4.98 Å². The van der Waals surface area contributed by atoms with Gasteiger partial charge in [0.15, 0.2) is 0 Å². The van der Waals surface area contributed by atoms with Crippen LogP contribution in [0.5, 0.6) is 0 Å². The SMILES string of the molecule is CC1(C(=O)O)CCCN(c2ncc(C(F)(F)F)cc2Cl)C1. The van der Waals surface area contributed by atoms with Gasteiger partial charge in [0.05, 0.1) is 16.0 Å². The molecule has 1 unspecified atom stereocenters. The van der Waals surface area contributed by atoms with Crippen LogP contribution in [0.15, 0.2) is 12.3 Å². The van der Waals surface area contributed by atoms with Gasteiger partial charge in [-0.05, 0) is 25.8 Å². The summed E-state index contributed by atoms with van der Waals surface area (Å²) in [6.45, 7) is 2.29. The molecule has 1 atom stereocenters. The van der Waals surface area contributed by atoms with Crippen molar-refractivity contribution in [1.29, 1.82) is 0 Å². The average molecular weight is 323 g/mol. The van der Waals surface area contributed by atoms with E-state index in [0.29, 0.717) is 25.6 Å². The standard InChI is InChI=1S/C13H14ClF3N2O2/c1-12(11(20)21)3-2-4-19(7-12)10-9(14)5-8(6-18-10)13(15,16)17/h5-6H,2-4,7H2,1H3,(H,20,21). The van der Waals surface area contributed by atoms with Crippen LogP contribution in [0.3, 0.4) is 0 Å². The van der Waals surface area contributed by atoms with Crippen molar-refractivity contribution in [2.45, 2.75) is 25.9 Å². The molecule has 1 N–H and O–H groups in total. The number of hydrogen-bond donors (Lipinski definition) is 1. The number of alkyl halides is 3. The number of rotatable bonds is 2. The number of anilines is 1. The third-order valence-corrected chi connectivity index (χ3v) is 3.94. The Bertz CT molecular complexity index is 565. The first-order valence-corrected chi connectivity index (χ1v) is 6.72. The molecule has 1 aliphatic rings. The molecule has 2 heterocycles. The van der Waals surface area contributed by atoms with Crippen LogP contribution in [-0.2, 0) is 11.0 Å². The van der Waals surface area contributed by atoms with Gasteiger partial charge in [0.2, 0.25) is 0 Å². The van der Waals surface area contributed by atoms with Gasteiger partial charge >= 0.3 is 12.1 Å². The summed E-state index contributed by atoms with van der Waals surface area (Å²) in [5.41, 5.74) is -1.87. The smallest absolute Gasteiger partial charge is 0.417 e. The monoisotopic (exact) mass is 322 g/mol.